The van der Waals surface area contributed by atoms with Gasteiger partial charge in [-0.2, -0.15) is 0 Å². The molecule has 4 heterocycles. The lowest BCUT2D eigenvalue weighted by molar-refractivity contribution is -0.138. The zero-order valence-corrected chi connectivity index (χ0v) is 17.0. The fraction of sp³-hybridized carbons (Fsp3) is 0.571. The Labute approximate surface area is 165 Å². The molecule has 1 atom stereocenters. The number of ether oxygens (including phenoxy) is 1. The summed E-state index contributed by atoms with van der Waals surface area (Å²) >= 11 is 0. The lowest BCUT2D eigenvalue weighted by atomic mass is 9.80. The number of carbonyl (C=O) groups is 1. The van der Waals surface area contributed by atoms with Crippen LogP contribution in [0.1, 0.15) is 49.9 Å². The summed E-state index contributed by atoms with van der Waals surface area (Å²) in [5.74, 6) is 1.60. The van der Waals surface area contributed by atoms with Crippen molar-refractivity contribution in [2.24, 2.45) is 5.41 Å². The van der Waals surface area contributed by atoms with Gasteiger partial charge in [0.15, 0.2) is 0 Å². The van der Waals surface area contributed by atoms with E-state index in [-0.39, 0.29) is 16.7 Å². The van der Waals surface area contributed by atoms with Crippen LogP contribution in [0.5, 0.6) is 0 Å². The molecule has 0 aromatic carbocycles. The minimum absolute atomic E-state index is 0.179. The molecular weight excluding hydrogens is 356 g/mol. The second-order valence-corrected chi connectivity index (χ2v) is 8.89. The van der Waals surface area contributed by atoms with E-state index >= 15 is 0 Å². The highest BCUT2D eigenvalue weighted by molar-refractivity contribution is 5.82. The van der Waals surface area contributed by atoms with E-state index in [1.165, 1.54) is 0 Å². The Kier molecular flexibility index (Phi) is 4.65. The van der Waals surface area contributed by atoms with Crippen molar-refractivity contribution in [2.45, 2.75) is 52.7 Å². The van der Waals surface area contributed by atoms with Crippen LogP contribution in [0.4, 0.5) is 5.95 Å². The molecule has 0 bridgehead atoms. The number of carbonyl (C=O) groups excluding carboxylic acids is 1. The van der Waals surface area contributed by atoms with Crippen LogP contribution in [-0.4, -0.2) is 40.5 Å². The highest BCUT2D eigenvalue weighted by Crippen LogP contribution is 2.41. The van der Waals surface area contributed by atoms with E-state index in [0.717, 1.165) is 35.7 Å². The van der Waals surface area contributed by atoms with Crippen LogP contribution in [0.15, 0.2) is 22.8 Å². The van der Waals surface area contributed by atoms with E-state index in [1.807, 2.05) is 44.7 Å². The molecule has 1 N–H and O–H groups in total. The van der Waals surface area contributed by atoms with E-state index in [4.69, 9.17) is 14.1 Å². The quantitative estimate of drug-likeness (QED) is 0.876. The van der Waals surface area contributed by atoms with Gasteiger partial charge in [0.25, 0.3) is 0 Å². The fourth-order valence-electron chi connectivity index (χ4n) is 4.11. The van der Waals surface area contributed by atoms with Gasteiger partial charge in [0.1, 0.15) is 5.76 Å². The molecule has 0 aliphatic carbocycles. The standard InChI is InChI=1S/C21H28N4O3/c1-14-16-11-27-13-21(7-8-25(12-21)18(26)20(2,3)4)17(16)24-19(23-14)22-10-15-6-5-9-28-15/h5-6,9H,7-8,10-13H2,1-4H3,(H,22,23,24). The Morgan fingerprint density at radius 3 is 2.89 bits per heavy atom. The van der Waals surface area contributed by atoms with E-state index < -0.39 is 0 Å². The molecule has 1 spiro atoms. The fourth-order valence-corrected chi connectivity index (χ4v) is 4.11. The molecule has 7 heteroatoms. The number of anilines is 1. The summed E-state index contributed by atoms with van der Waals surface area (Å²) in [7, 11) is 0. The predicted octanol–water partition coefficient (Wildman–Crippen LogP) is 3.04. The third-order valence-electron chi connectivity index (χ3n) is 5.62. The number of nitrogens with one attached hydrogen (secondary N) is 1. The van der Waals surface area contributed by atoms with Crippen molar-refractivity contribution in [3.8, 4) is 0 Å². The second kappa shape index (κ2) is 6.88. The second-order valence-electron chi connectivity index (χ2n) is 8.89. The molecule has 2 aromatic heterocycles. The Balaban J connectivity index is 1.62. The van der Waals surface area contributed by atoms with E-state index in [9.17, 15) is 4.79 Å². The molecule has 150 valence electrons. The molecule has 7 nitrogen and oxygen atoms in total. The monoisotopic (exact) mass is 384 g/mol. The summed E-state index contributed by atoms with van der Waals surface area (Å²) in [5.41, 5.74) is 2.36. The first-order valence-electron chi connectivity index (χ1n) is 9.80. The highest BCUT2D eigenvalue weighted by Gasteiger charge is 2.47. The van der Waals surface area contributed by atoms with Gasteiger partial charge < -0.3 is 19.4 Å². The van der Waals surface area contributed by atoms with Gasteiger partial charge in [-0.1, -0.05) is 20.8 Å². The molecule has 0 saturated carbocycles. The van der Waals surface area contributed by atoms with Crippen LogP contribution < -0.4 is 5.32 Å². The van der Waals surface area contributed by atoms with Gasteiger partial charge >= 0.3 is 0 Å². The van der Waals surface area contributed by atoms with Crippen LogP contribution in [0.25, 0.3) is 0 Å². The highest BCUT2D eigenvalue weighted by atomic mass is 16.5. The Morgan fingerprint density at radius 2 is 2.18 bits per heavy atom. The average molecular weight is 384 g/mol. The number of hydrogen-bond donors (Lipinski definition) is 1. The van der Waals surface area contributed by atoms with Gasteiger partial charge in [0.05, 0.1) is 37.1 Å². The average Bonchev–Trinajstić information content (AvgIpc) is 3.30. The minimum atomic E-state index is -0.388. The van der Waals surface area contributed by atoms with Crippen molar-refractivity contribution in [1.29, 1.82) is 0 Å². The molecule has 1 fully saturated rings. The Hall–Kier alpha value is -2.41. The van der Waals surface area contributed by atoms with Gasteiger partial charge in [-0.25, -0.2) is 9.97 Å². The maximum absolute atomic E-state index is 12.8. The zero-order valence-electron chi connectivity index (χ0n) is 17.0. The number of furan rings is 1. The molecule has 1 unspecified atom stereocenters. The first kappa shape index (κ1) is 18.9. The largest absolute Gasteiger partial charge is 0.467 e. The summed E-state index contributed by atoms with van der Waals surface area (Å²) in [5, 5.41) is 3.27. The van der Waals surface area contributed by atoms with Gasteiger partial charge in [-0.05, 0) is 25.5 Å². The van der Waals surface area contributed by atoms with Crippen molar-refractivity contribution >= 4 is 11.9 Å². The summed E-state index contributed by atoms with van der Waals surface area (Å²) < 4.78 is 11.3. The van der Waals surface area contributed by atoms with Crippen molar-refractivity contribution in [2.75, 3.05) is 25.0 Å². The van der Waals surface area contributed by atoms with E-state index in [2.05, 4.69) is 10.3 Å². The van der Waals surface area contributed by atoms with Crippen molar-refractivity contribution in [1.82, 2.24) is 14.9 Å². The molecule has 0 radical (unpaired) electrons. The van der Waals surface area contributed by atoms with Crippen molar-refractivity contribution in [3.63, 3.8) is 0 Å². The molecule has 1 amide bonds. The lowest BCUT2D eigenvalue weighted by Gasteiger charge is -2.35. The molecule has 1 saturated heterocycles. The molecular formula is C21H28N4O3. The number of aromatic nitrogens is 2. The number of nitrogens with zero attached hydrogens (tertiary/aromatic N) is 3. The normalized spacial score (nSPS) is 21.8. The lowest BCUT2D eigenvalue weighted by Crippen LogP contribution is -2.44. The summed E-state index contributed by atoms with van der Waals surface area (Å²) in [6.07, 6.45) is 2.51. The van der Waals surface area contributed by atoms with Crippen molar-refractivity contribution < 1.29 is 13.9 Å². The Morgan fingerprint density at radius 1 is 1.36 bits per heavy atom. The number of likely N-dealkylation sites (tertiary alicyclic amines) is 1. The third kappa shape index (κ3) is 3.39. The SMILES string of the molecule is Cc1nc(NCc2ccco2)nc2c1COCC21CCN(C(=O)C(C)(C)C)C1. The Bertz CT molecular complexity index is 873. The van der Waals surface area contributed by atoms with E-state index in [0.29, 0.717) is 32.3 Å². The van der Waals surface area contributed by atoms with Crippen LogP contribution in [0.2, 0.25) is 0 Å². The number of fused-ring (bicyclic) bond motifs is 2. The van der Waals surface area contributed by atoms with Crippen LogP contribution in [0.3, 0.4) is 0 Å². The smallest absolute Gasteiger partial charge is 0.227 e. The zero-order chi connectivity index (χ0) is 19.9. The molecule has 4 rings (SSSR count). The maximum Gasteiger partial charge on any atom is 0.227 e. The summed E-state index contributed by atoms with van der Waals surface area (Å²) in [6, 6.07) is 3.78. The topological polar surface area (TPSA) is 80.5 Å². The van der Waals surface area contributed by atoms with Gasteiger partial charge in [-0.15, -0.1) is 0 Å². The van der Waals surface area contributed by atoms with Gasteiger partial charge in [0.2, 0.25) is 11.9 Å². The van der Waals surface area contributed by atoms with Crippen LogP contribution in [0, 0.1) is 12.3 Å². The van der Waals surface area contributed by atoms with Crippen molar-refractivity contribution in [3.05, 3.63) is 41.1 Å². The first-order chi connectivity index (χ1) is 13.3. The number of aryl methyl sites for hydroxylation is 1. The summed E-state index contributed by atoms with van der Waals surface area (Å²) in [6.45, 7) is 10.9. The third-order valence-corrected chi connectivity index (χ3v) is 5.62. The number of amides is 1. The van der Waals surface area contributed by atoms with Gasteiger partial charge in [-0.3, -0.25) is 4.79 Å². The molecule has 2 aliphatic heterocycles. The summed E-state index contributed by atoms with van der Waals surface area (Å²) in [4.78, 5) is 24.3. The first-order valence-corrected chi connectivity index (χ1v) is 9.80. The van der Waals surface area contributed by atoms with Crippen LogP contribution in [-0.2, 0) is 28.1 Å². The number of rotatable bonds is 3. The number of hydrogen-bond acceptors (Lipinski definition) is 6. The predicted molar refractivity (Wildman–Crippen MR) is 105 cm³/mol. The minimum Gasteiger partial charge on any atom is -0.467 e. The molecule has 2 aliphatic rings. The maximum atomic E-state index is 12.8. The molecule has 2 aromatic rings. The van der Waals surface area contributed by atoms with E-state index in [1.54, 1.807) is 6.26 Å². The molecule has 28 heavy (non-hydrogen) atoms. The van der Waals surface area contributed by atoms with Gasteiger partial charge in [0, 0.05) is 29.8 Å². The van der Waals surface area contributed by atoms with Crippen LogP contribution >= 0.6 is 0 Å².